The summed E-state index contributed by atoms with van der Waals surface area (Å²) in [4.78, 5) is 15.5. The molecule has 0 saturated heterocycles. The first-order valence-corrected chi connectivity index (χ1v) is 6.15. The van der Waals surface area contributed by atoms with Crippen molar-refractivity contribution in [2.24, 2.45) is 0 Å². The summed E-state index contributed by atoms with van der Waals surface area (Å²) >= 11 is 3.79. The van der Waals surface area contributed by atoms with Crippen molar-refractivity contribution in [3.63, 3.8) is 0 Å². The zero-order valence-corrected chi connectivity index (χ0v) is 11.2. The van der Waals surface area contributed by atoms with Crippen LogP contribution in [-0.4, -0.2) is 16.7 Å². The summed E-state index contributed by atoms with van der Waals surface area (Å²) < 4.78 is 32.3. The van der Waals surface area contributed by atoms with Crippen molar-refractivity contribution in [3.05, 3.63) is 35.0 Å². The number of fused-ring (bicyclic) bond motifs is 1. The molecule has 0 aliphatic carbocycles. The quantitative estimate of drug-likeness (QED) is 0.680. The molecule has 6 heteroatoms. The van der Waals surface area contributed by atoms with Crippen LogP contribution >= 0.6 is 12.6 Å². The summed E-state index contributed by atoms with van der Waals surface area (Å²) in [6.07, 6.45) is 0. The normalized spacial score (nSPS) is 10.8. The highest BCUT2D eigenvalue weighted by molar-refractivity contribution is 7.81. The number of aryl methyl sites for hydroxylation is 1. The zero-order valence-electron chi connectivity index (χ0n) is 10.3. The summed E-state index contributed by atoms with van der Waals surface area (Å²) in [6, 6.07) is 2.34. The molecule has 0 radical (unpaired) electrons. The van der Waals surface area contributed by atoms with Gasteiger partial charge in [0.2, 0.25) is 0 Å². The molecule has 0 atom stereocenters. The Hall–Kier alpha value is -1.69. The molecule has 0 N–H and O–H groups in total. The van der Waals surface area contributed by atoms with Crippen LogP contribution in [-0.2, 0) is 4.79 Å². The number of aromatic nitrogens is 1. The fourth-order valence-electron chi connectivity index (χ4n) is 1.74. The molecule has 0 unspecified atom stereocenters. The summed E-state index contributed by atoms with van der Waals surface area (Å²) in [5.74, 6) is -2.88. The van der Waals surface area contributed by atoms with Crippen LogP contribution in [0.1, 0.15) is 11.3 Å². The number of halogens is 2. The van der Waals surface area contributed by atoms with Gasteiger partial charge in [-0.15, -0.1) is 0 Å². The van der Waals surface area contributed by atoms with Gasteiger partial charge in [0.25, 0.3) is 0 Å². The number of nitrogens with zero attached hydrogens (tertiary/aromatic N) is 1. The Kier molecular flexibility index (Phi) is 3.71. The van der Waals surface area contributed by atoms with Gasteiger partial charge >= 0.3 is 5.97 Å². The Morgan fingerprint density at radius 1 is 1.37 bits per heavy atom. The zero-order chi connectivity index (χ0) is 14.2. The van der Waals surface area contributed by atoms with Gasteiger partial charge in [-0.1, -0.05) is 0 Å². The average Bonchev–Trinajstić information content (AvgIpc) is 2.39. The van der Waals surface area contributed by atoms with Crippen LogP contribution in [0.5, 0.6) is 5.75 Å². The second-order valence-electron chi connectivity index (χ2n) is 4.04. The van der Waals surface area contributed by atoms with Crippen LogP contribution in [0.2, 0.25) is 0 Å². The summed E-state index contributed by atoms with van der Waals surface area (Å²) in [6.45, 7) is 3.33. The second-order valence-corrected chi connectivity index (χ2v) is 4.36. The maximum absolute atomic E-state index is 13.9. The number of benzene rings is 1. The molecule has 3 nitrogen and oxygen atoms in total. The van der Waals surface area contributed by atoms with Gasteiger partial charge in [0.15, 0.2) is 11.6 Å². The third-order valence-electron chi connectivity index (χ3n) is 2.82. The van der Waals surface area contributed by atoms with Gasteiger partial charge < -0.3 is 4.74 Å². The third-order valence-corrected chi connectivity index (χ3v) is 3.07. The smallest absolute Gasteiger partial charge is 0.321 e. The first-order chi connectivity index (χ1) is 8.95. The number of hydrogen-bond acceptors (Lipinski definition) is 4. The molecule has 0 saturated carbocycles. The summed E-state index contributed by atoms with van der Waals surface area (Å²) in [5.41, 5.74) is 1.32. The van der Waals surface area contributed by atoms with Crippen molar-refractivity contribution in [1.82, 2.24) is 4.98 Å². The van der Waals surface area contributed by atoms with Crippen molar-refractivity contribution in [1.29, 1.82) is 0 Å². The predicted octanol–water partition coefficient (Wildman–Crippen LogP) is 2.97. The molecular formula is C13H11F2NO2S. The SMILES string of the molecule is Cc1nc2ccc(F)c(F)c2c(OC(=O)CS)c1C. The number of carbonyl (C=O) groups is 1. The van der Waals surface area contributed by atoms with E-state index in [4.69, 9.17) is 4.74 Å². The molecule has 0 bridgehead atoms. The summed E-state index contributed by atoms with van der Waals surface area (Å²) in [5, 5.41) is -0.127. The summed E-state index contributed by atoms with van der Waals surface area (Å²) in [7, 11) is 0. The van der Waals surface area contributed by atoms with Crippen molar-refractivity contribution in [2.75, 3.05) is 5.75 Å². The standard InChI is InChI=1S/C13H11F2NO2S/c1-6-7(2)16-9-4-3-8(14)12(15)11(9)13(6)18-10(17)5-19/h3-4,19H,5H2,1-2H3. The maximum Gasteiger partial charge on any atom is 0.321 e. The lowest BCUT2D eigenvalue weighted by molar-refractivity contribution is -0.131. The molecule has 2 aromatic rings. The number of pyridine rings is 1. The topological polar surface area (TPSA) is 39.2 Å². The number of hydrogen-bond donors (Lipinski definition) is 1. The monoisotopic (exact) mass is 283 g/mol. The number of esters is 1. The highest BCUT2D eigenvalue weighted by Gasteiger charge is 2.19. The van der Waals surface area contributed by atoms with Crippen molar-refractivity contribution in [3.8, 4) is 5.75 Å². The molecule has 0 amide bonds. The van der Waals surface area contributed by atoms with Gasteiger partial charge in [-0.05, 0) is 26.0 Å². The van der Waals surface area contributed by atoms with Crippen molar-refractivity contribution >= 4 is 29.5 Å². The molecule has 0 aliphatic rings. The Bertz CT molecular complexity index is 673. The van der Waals surface area contributed by atoms with Gasteiger partial charge in [-0.25, -0.2) is 8.78 Å². The molecule has 100 valence electrons. The van der Waals surface area contributed by atoms with Crippen LogP contribution in [0.3, 0.4) is 0 Å². The second kappa shape index (κ2) is 5.13. The highest BCUT2D eigenvalue weighted by Crippen LogP contribution is 2.33. The van der Waals surface area contributed by atoms with Crippen LogP contribution < -0.4 is 4.74 Å². The fourth-order valence-corrected chi connectivity index (χ4v) is 1.80. The van der Waals surface area contributed by atoms with Crippen molar-refractivity contribution in [2.45, 2.75) is 13.8 Å². The van der Waals surface area contributed by atoms with Gasteiger partial charge in [0.05, 0.1) is 16.7 Å². The minimum atomic E-state index is -1.07. The van der Waals surface area contributed by atoms with Crippen LogP contribution in [0.4, 0.5) is 8.78 Å². The lowest BCUT2D eigenvalue weighted by Crippen LogP contribution is -2.12. The Morgan fingerprint density at radius 2 is 2.05 bits per heavy atom. The minimum absolute atomic E-state index is 0.00134. The first kappa shape index (κ1) is 13.7. The van der Waals surface area contributed by atoms with E-state index < -0.39 is 17.6 Å². The Labute approximate surface area is 114 Å². The molecule has 19 heavy (non-hydrogen) atoms. The molecule has 0 aliphatic heterocycles. The largest absolute Gasteiger partial charge is 0.425 e. The number of rotatable bonds is 2. The van der Waals surface area contributed by atoms with E-state index in [-0.39, 0.29) is 22.4 Å². The molecule has 2 rings (SSSR count). The minimum Gasteiger partial charge on any atom is -0.425 e. The molecule has 1 aromatic carbocycles. The van der Waals surface area contributed by atoms with Gasteiger partial charge in [-0.3, -0.25) is 9.78 Å². The molecular weight excluding hydrogens is 272 g/mol. The Balaban J connectivity index is 2.80. The number of ether oxygens (including phenoxy) is 1. The highest BCUT2D eigenvalue weighted by atomic mass is 32.1. The van der Waals surface area contributed by atoms with Crippen LogP contribution in [0.15, 0.2) is 12.1 Å². The first-order valence-electron chi connectivity index (χ1n) is 5.52. The molecule has 0 fully saturated rings. The molecule has 1 heterocycles. The molecule has 0 spiro atoms. The lowest BCUT2D eigenvalue weighted by Gasteiger charge is -2.12. The van der Waals surface area contributed by atoms with E-state index in [1.54, 1.807) is 13.8 Å². The van der Waals surface area contributed by atoms with Gasteiger partial charge in [0, 0.05) is 11.3 Å². The van der Waals surface area contributed by atoms with E-state index >= 15 is 0 Å². The lowest BCUT2D eigenvalue weighted by atomic mass is 10.1. The predicted molar refractivity (Wildman–Crippen MR) is 70.6 cm³/mol. The number of thiol groups is 1. The maximum atomic E-state index is 13.9. The van der Waals surface area contributed by atoms with Crippen LogP contribution in [0.25, 0.3) is 10.9 Å². The van der Waals surface area contributed by atoms with Gasteiger partial charge in [-0.2, -0.15) is 12.6 Å². The van der Waals surface area contributed by atoms with E-state index in [0.29, 0.717) is 11.3 Å². The average molecular weight is 283 g/mol. The molecule has 1 aromatic heterocycles. The van der Waals surface area contributed by atoms with E-state index in [1.807, 2.05) is 0 Å². The number of carbonyl (C=O) groups excluding carboxylic acids is 1. The third kappa shape index (κ3) is 2.40. The van der Waals surface area contributed by atoms with E-state index in [2.05, 4.69) is 17.6 Å². The van der Waals surface area contributed by atoms with E-state index in [0.717, 1.165) is 6.07 Å². The van der Waals surface area contributed by atoms with E-state index in [9.17, 15) is 13.6 Å². The van der Waals surface area contributed by atoms with Gasteiger partial charge in [0.1, 0.15) is 5.75 Å². The van der Waals surface area contributed by atoms with E-state index in [1.165, 1.54) is 6.07 Å². The van der Waals surface area contributed by atoms with Crippen molar-refractivity contribution < 1.29 is 18.3 Å². The fraction of sp³-hybridized carbons (Fsp3) is 0.231. The Morgan fingerprint density at radius 3 is 2.68 bits per heavy atom. The van der Waals surface area contributed by atoms with Crippen LogP contribution in [0, 0.1) is 25.5 Å².